The summed E-state index contributed by atoms with van der Waals surface area (Å²) in [5.41, 5.74) is 5.00. The molecule has 1 unspecified atom stereocenters. The van der Waals surface area contributed by atoms with E-state index in [-0.39, 0.29) is 43.5 Å². The molecule has 0 amide bonds. The zero-order valence-corrected chi connectivity index (χ0v) is 34.7. The van der Waals surface area contributed by atoms with Gasteiger partial charge in [0.15, 0.2) is 0 Å². The first-order chi connectivity index (χ1) is 24.3. The van der Waals surface area contributed by atoms with E-state index in [2.05, 4.69) is 4.90 Å². The Labute approximate surface area is 318 Å². The quantitative estimate of drug-likeness (QED) is 0.197. The molecule has 1 saturated heterocycles. The molecule has 13 heteroatoms. The second kappa shape index (κ2) is 19.9. The maximum atomic E-state index is 14.0. The summed E-state index contributed by atoms with van der Waals surface area (Å²) in [5, 5.41) is 0. The lowest BCUT2D eigenvalue weighted by molar-refractivity contribution is -0.163. The predicted octanol–water partition coefficient (Wildman–Crippen LogP) is 4.16. The van der Waals surface area contributed by atoms with Crippen LogP contribution in [0.5, 0.6) is 0 Å². The fraction of sp³-hybridized carbons (Fsp3) is 0.750. The number of esters is 4. The van der Waals surface area contributed by atoms with E-state index in [1.807, 2.05) is 122 Å². The van der Waals surface area contributed by atoms with Crippen molar-refractivity contribution in [1.29, 1.82) is 0 Å². The van der Waals surface area contributed by atoms with Gasteiger partial charge in [-0.3, -0.25) is 38.8 Å². The highest BCUT2D eigenvalue weighted by Crippen LogP contribution is 2.19. The van der Waals surface area contributed by atoms with Crippen molar-refractivity contribution in [3.05, 3.63) is 29.8 Å². The molecule has 1 aromatic rings. The van der Waals surface area contributed by atoms with E-state index in [1.165, 1.54) is 0 Å². The number of benzene rings is 1. The molecule has 1 heterocycles. The molecule has 0 spiro atoms. The van der Waals surface area contributed by atoms with Crippen molar-refractivity contribution < 1.29 is 38.1 Å². The topological polar surface area (TPSA) is 144 Å². The fourth-order valence-corrected chi connectivity index (χ4v) is 5.81. The molecule has 1 aliphatic rings. The van der Waals surface area contributed by atoms with Gasteiger partial charge in [0, 0.05) is 58.0 Å². The molecule has 2 rings (SSSR count). The van der Waals surface area contributed by atoms with Crippen LogP contribution in [0.1, 0.15) is 95.1 Å². The summed E-state index contributed by atoms with van der Waals surface area (Å²) in [6.45, 7) is 25.7. The molecule has 302 valence electrons. The largest absolute Gasteiger partial charge is 0.459 e. The standard InChI is InChI=1S/C40H69N5O8/c1-37(2,3)50-33(46)27-42-19-21-43(28-34(47)51-38(4,5)6)23-25-45(26-24-44(22-20-42)29-35(48)52-39(7,8)9)32(36(49)53-40(10,11)12)18-15-30-13-16-31(41)17-14-30/h13-14,16-17,32H,15,18-29,41H2,1-12H3. The summed E-state index contributed by atoms with van der Waals surface area (Å²) in [4.78, 5) is 61.3. The van der Waals surface area contributed by atoms with Crippen LogP contribution in [-0.4, -0.2) is 144 Å². The average Bonchev–Trinajstić information content (AvgIpc) is 2.95. The van der Waals surface area contributed by atoms with Crippen LogP contribution in [0.4, 0.5) is 5.69 Å². The first kappa shape index (κ1) is 45.9. The smallest absolute Gasteiger partial charge is 0.323 e. The fourth-order valence-electron chi connectivity index (χ4n) is 5.81. The Morgan fingerprint density at radius 1 is 0.547 bits per heavy atom. The van der Waals surface area contributed by atoms with E-state index in [9.17, 15) is 19.2 Å². The average molecular weight is 748 g/mol. The maximum absolute atomic E-state index is 14.0. The van der Waals surface area contributed by atoms with Gasteiger partial charge in [-0.25, -0.2) is 0 Å². The number of nitrogens with zero attached hydrogens (tertiary/aromatic N) is 4. The van der Waals surface area contributed by atoms with E-state index in [1.54, 1.807) is 0 Å². The van der Waals surface area contributed by atoms with E-state index in [0.29, 0.717) is 70.9 Å². The lowest BCUT2D eigenvalue weighted by Gasteiger charge is -2.37. The van der Waals surface area contributed by atoms with Crippen LogP contribution in [0.3, 0.4) is 0 Å². The Kier molecular flexibility index (Phi) is 17.2. The number of hydrogen-bond acceptors (Lipinski definition) is 13. The predicted molar refractivity (Wildman–Crippen MR) is 207 cm³/mol. The number of ether oxygens (including phenoxy) is 4. The van der Waals surface area contributed by atoms with Gasteiger partial charge in [0.1, 0.15) is 28.4 Å². The first-order valence-corrected chi connectivity index (χ1v) is 18.9. The van der Waals surface area contributed by atoms with Crippen LogP contribution in [0.2, 0.25) is 0 Å². The van der Waals surface area contributed by atoms with E-state index in [4.69, 9.17) is 24.7 Å². The van der Waals surface area contributed by atoms with Gasteiger partial charge in [-0.2, -0.15) is 0 Å². The maximum Gasteiger partial charge on any atom is 0.323 e. The van der Waals surface area contributed by atoms with Crippen molar-refractivity contribution in [3.63, 3.8) is 0 Å². The Morgan fingerprint density at radius 3 is 1.19 bits per heavy atom. The molecule has 2 N–H and O–H groups in total. The highest BCUT2D eigenvalue weighted by atomic mass is 16.6. The van der Waals surface area contributed by atoms with Crippen LogP contribution in [0.15, 0.2) is 24.3 Å². The molecule has 0 aromatic heterocycles. The normalized spacial score (nSPS) is 17.6. The Hall–Kier alpha value is -3.26. The zero-order chi connectivity index (χ0) is 40.2. The van der Waals surface area contributed by atoms with Gasteiger partial charge in [-0.05, 0) is 114 Å². The summed E-state index contributed by atoms with van der Waals surface area (Å²) in [6.07, 6.45) is 1.10. The molecular formula is C40H69N5O8. The second-order valence-electron chi connectivity index (χ2n) is 18.0. The molecule has 0 saturated carbocycles. The summed E-state index contributed by atoms with van der Waals surface area (Å²) < 4.78 is 23.0. The number of anilines is 1. The molecule has 0 radical (unpaired) electrons. The first-order valence-electron chi connectivity index (χ1n) is 18.9. The number of nitrogen functional groups attached to an aromatic ring is 1. The number of hydrogen-bond donors (Lipinski definition) is 1. The minimum Gasteiger partial charge on any atom is -0.459 e. The summed E-state index contributed by atoms with van der Waals surface area (Å²) in [6, 6.07) is 7.02. The van der Waals surface area contributed by atoms with Crippen molar-refractivity contribution in [2.75, 3.05) is 77.7 Å². The van der Waals surface area contributed by atoms with E-state index >= 15 is 0 Å². The Balaban J connectivity index is 2.50. The van der Waals surface area contributed by atoms with Crippen molar-refractivity contribution >= 4 is 29.6 Å². The molecule has 1 aromatic carbocycles. The van der Waals surface area contributed by atoms with Gasteiger partial charge >= 0.3 is 23.9 Å². The molecule has 0 bridgehead atoms. The number of carbonyl (C=O) groups excluding carboxylic acids is 4. The molecule has 53 heavy (non-hydrogen) atoms. The zero-order valence-electron chi connectivity index (χ0n) is 34.7. The highest BCUT2D eigenvalue weighted by Gasteiger charge is 2.32. The monoisotopic (exact) mass is 748 g/mol. The van der Waals surface area contributed by atoms with Gasteiger partial charge in [0.25, 0.3) is 0 Å². The molecule has 13 nitrogen and oxygen atoms in total. The second-order valence-corrected chi connectivity index (χ2v) is 18.0. The SMILES string of the molecule is CC(C)(C)OC(=O)CN1CCN(CC(=O)OC(C)(C)C)CCN(C(CCc2ccc(N)cc2)C(=O)OC(C)(C)C)CCN(CC(=O)OC(C)(C)C)CC1. The van der Waals surface area contributed by atoms with Crippen LogP contribution < -0.4 is 5.73 Å². The van der Waals surface area contributed by atoms with Gasteiger partial charge in [-0.1, -0.05) is 12.1 Å². The van der Waals surface area contributed by atoms with E-state index < -0.39 is 28.4 Å². The third-order valence-electron chi connectivity index (χ3n) is 8.00. The third kappa shape index (κ3) is 20.7. The van der Waals surface area contributed by atoms with Gasteiger partial charge in [0.05, 0.1) is 19.6 Å². The van der Waals surface area contributed by atoms with Crippen molar-refractivity contribution in [2.24, 2.45) is 0 Å². The summed E-state index contributed by atoms with van der Waals surface area (Å²) >= 11 is 0. The Bertz CT molecular complexity index is 1280. The van der Waals surface area contributed by atoms with Gasteiger partial charge < -0.3 is 24.7 Å². The molecule has 1 aliphatic heterocycles. The minimum atomic E-state index is -0.702. The van der Waals surface area contributed by atoms with Crippen LogP contribution in [0, 0.1) is 0 Å². The lowest BCUT2D eigenvalue weighted by atomic mass is 10.0. The number of rotatable bonds is 11. The van der Waals surface area contributed by atoms with Crippen molar-refractivity contribution in [3.8, 4) is 0 Å². The van der Waals surface area contributed by atoms with Crippen molar-refractivity contribution in [1.82, 2.24) is 19.6 Å². The van der Waals surface area contributed by atoms with Crippen LogP contribution >= 0.6 is 0 Å². The number of aryl methyl sites for hydroxylation is 1. The van der Waals surface area contributed by atoms with Gasteiger partial charge in [-0.15, -0.1) is 0 Å². The van der Waals surface area contributed by atoms with Crippen molar-refractivity contribution in [2.45, 2.75) is 124 Å². The van der Waals surface area contributed by atoms with Crippen LogP contribution in [-0.2, 0) is 44.5 Å². The third-order valence-corrected chi connectivity index (χ3v) is 8.00. The number of carbonyl (C=O) groups is 4. The number of nitrogens with two attached hydrogens (primary N) is 1. The molecular weight excluding hydrogens is 678 g/mol. The highest BCUT2D eigenvalue weighted by molar-refractivity contribution is 5.76. The van der Waals surface area contributed by atoms with E-state index in [0.717, 1.165) is 5.56 Å². The summed E-state index contributed by atoms with van der Waals surface area (Å²) in [7, 11) is 0. The minimum absolute atomic E-state index is 0.0404. The lowest BCUT2D eigenvalue weighted by Crippen LogP contribution is -2.53. The summed E-state index contributed by atoms with van der Waals surface area (Å²) in [5.74, 6) is -1.40. The van der Waals surface area contributed by atoms with Gasteiger partial charge in [0.2, 0.25) is 0 Å². The Morgan fingerprint density at radius 2 is 0.868 bits per heavy atom. The van der Waals surface area contributed by atoms with Crippen LogP contribution in [0.25, 0.3) is 0 Å². The molecule has 1 atom stereocenters. The molecule has 0 aliphatic carbocycles. The molecule has 1 fully saturated rings.